The summed E-state index contributed by atoms with van der Waals surface area (Å²) < 4.78 is 17.1. The molecule has 0 amide bonds. The third-order valence-electron chi connectivity index (χ3n) is 3.08. The lowest BCUT2D eigenvalue weighted by Gasteiger charge is -2.17. The summed E-state index contributed by atoms with van der Waals surface area (Å²) in [6.07, 6.45) is 2.06. The molecule has 0 N–H and O–H groups in total. The summed E-state index contributed by atoms with van der Waals surface area (Å²) in [6, 6.07) is 4.03. The first-order valence-electron chi connectivity index (χ1n) is 7.82. The van der Waals surface area contributed by atoms with Crippen LogP contribution in [0, 0.1) is 0 Å². The van der Waals surface area contributed by atoms with Gasteiger partial charge in [0.25, 0.3) is 0 Å². The first-order chi connectivity index (χ1) is 10.1. The smallest absolute Gasteiger partial charge is 0.164 e. The number of hydrogen-bond acceptors (Lipinski definition) is 4. The molecule has 0 aliphatic heterocycles. The lowest BCUT2D eigenvalue weighted by molar-refractivity contribution is 0.281. The zero-order chi connectivity index (χ0) is 15.7. The lowest BCUT2D eigenvalue weighted by Crippen LogP contribution is -2.13. The van der Waals surface area contributed by atoms with Crippen molar-refractivity contribution in [2.24, 2.45) is 0 Å². The van der Waals surface area contributed by atoms with Gasteiger partial charge >= 0.3 is 0 Å². The summed E-state index contributed by atoms with van der Waals surface area (Å²) in [5.74, 6) is 2.48. The van der Waals surface area contributed by atoms with Crippen molar-refractivity contribution in [2.45, 2.75) is 33.6 Å². The third-order valence-corrected chi connectivity index (χ3v) is 3.08. The molecule has 1 aromatic carbocycles. The van der Waals surface area contributed by atoms with E-state index < -0.39 is 0 Å². The van der Waals surface area contributed by atoms with Gasteiger partial charge in [0, 0.05) is 6.07 Å². The molecule has 0 unspecified atom stereocenters. The Morgan fingerprint density at radius 2 is 1.33 bits per heavy atom. The monoisotopic (exact) mass is 295 g/mol. The van der Waals surface area contributed by atoms with Crippen molar-refractivity contribution < 1.29 is 14.2 Å². The molecule has 120 valence electrons. The molecule has 0 aromatic heterocycles. The largest absolute Gasteiger partial charge is 0.493 e. The van der Waals surface area contributed by atoms with Crippen molar-refractivity contribution in [1.29, 1.82) is 0 Å². The highest BCUT2D eigenvalue weighted by molar-refractivity contribution is 5.51. The molecular weight excluding hydrogens is 266 g/mol. The number of nitrogens with zero attached hydrogens (tertiary/aromatic N) is 1. The summed E-state index contributed by atoms with van der Waals surface area (Å²) in [7, 11) is 4.18. The van der Waals surface area contributed by atoms with Crippen LogP contribution in [0.1, 0.15) is 32.8 Å². The van der Waals surface area contributed by atoms with E-state index in [1.807, 2.05) is 26.8 Å². The summed E-state index contributed by atoms with van der Waals surface area (Å²) in [6.45, 7) is 8.92. The number of hydrogen-bond donors (Lipinski definition) is 0. The molecule has 0 atom stereocenters. The van der Waals surface area contributed by atoms with Crippen LogP contribution in [-0.2, 0) is 6.42 Å². The van der Waals surface area contributed by atoms with Gasteiger partial charge in [-0.05, 0) is 65.9 Å². The van der Waals surface area contributed by atoms with E-state index in [2.05, 4.69) is 25.1 Å². The maximum absolute atomic E-state index is 5.77. The Morgan fingerprint density at radius 1 is 0.810 bits per heavy atom. The molecule has 0 fully saturated rings. The second-order valence-corrected chi connectivity index (χ2v) is 5.11. The molecule has 0 heterocycles. The van der Waals surface area contributed by atoms with Crippen molar-refractivity contribution >= 4 is 0 Å². The maximum atomic E-state index is 5.77. The van der Waals surface area contributed by atoms with Crippen LogP contribution in [0.2, 0.25) is 0 Å². The highest BCUT2D eigenvalue weighted by Gasteiger charge is 2.13. The van der Waals surface area contributed by atoms with Crippen LogP contribution in [0.25, 0.3) is 0 Å². The van der Waals surface area contributed by atoms with E-state index in [-0.39, 0.29) is 0 Å². The summed E-state index contributed by atoms with van der Waals surface area (Å²) >= 11 is 0. The molecule has 1 aromatic rings. The number of aryl methyl sites for hydroxylation is 1. The van der Waals surface area contributed by atoms with E-state index in [0.717, 1.165) is 36.6 Å². The van der Waals surface area contributed by atoms with Gasteiger partial charge in [-0.3, -0.25) is 0 Å². The Kier molecular flexibility index (Phi) is 7.98. The third kappa shape index (κ3) is 5.84. The molecule has 1 rings (SSSR count). The molecule has 0 aliphatic rings. The quantitative estimate of drug-likeness (QED) is 0.662. The van der Waals surface area contributed by atoms with E-state index in [1.165, 1.54) is 5.56 Å². The number of ether oxygens (including phenoxy) is 3. The van der Waals surface area contributed by atoms with Gasteiger partial charge < -0.3 is 19.1 Å². The average molecular weight is 295 g/mol. The zero-order valence-electron chi connectivity index (χ0n) is 14.1. The molecule has 0 aliphatic carbocycles. The minimum Gasteiger partial charge on any atom is -0.493 e. The van der Waals surface area contributed by atoms with Crippen LogP contribution in [0.15, 0.2) is 12.1 Å². The molecule has 21 heavy (non-hydrogen) atoms. The second kappa shape index (κ2) is 9.50. The van der Waals surface area contributed by atoms with Gasteiger partial charge in [-0.1, -0.05) is 0 Å². The Morgan fingerprint density at radius 3 is 1.86 bits per heavy atom. The minimum absolute atomic E-state index is 0.617. The Balaban J connectivity index is 2.98. The molecule has 0 radical (unpaired) electrons. The van der Waals surface area contributed by atoms with E-state index >= 15 is 0 Å². The first kappa shape index (κ1) is 17.6. The second-order valence-electron chi connectivity index (χ2n) is 5.11. The molecule has 4 nitrogen and oxygen atoms in total. The van der Waals surface area contributed by atoms with Crippen LogP contribution in [-0.4, -0.2) is 45.4 Å². The number of rotatable bonds is 10. The van der Waals surface area contributed by atoms with Crippen molar-refractivity contribution in [1.82, 2.24) is 4.90 Å². The van der Waals surface area contributed by atoms with Crippen molar-refractivity contribution in [2.75, 3.05) is 40.5 Å². The topological polar surface area (TPSA) is 30.9 Å². The average Bonchev–Trinajstić information content (AvgIpc) is 2.43. The molecule has 0 spiro atoms. The highest BCUT2D eigenvalue weighted by atomic mass is 16.5. The Hall–Kier alpha value is -1.42. The van der Waals surface area contributed by atoms with Gasteiger partial charge in [0.15, 0.2) is 11.5 Å². The normalized spacial score (nSPS) is 10.8. The summed E-state index contributed by atoms with van der Waals surface area (Å²) in [4.78, 5) is 2.19. The van der Waals surface area contributed by atoms with Crippen molar-refractivity contribution in [3.05, 3.63) is 17.7 Å². The standard InChI is InChI=1S/C17H29NO3/c1-6-19-15-13-17(21-8-3)16(20-7-2)12-14(15)10-9-11-18(4)5/h12-13H,6-11H2,1-5H3. The van der Waals surface area contributed by atoms with Crippen molar-refractivity contribution in [3.8, 4) is 17.2 Å². The van der Waals surface area contributed by atoms with Gasteiger partial charge in [-0.25, -0.2) is 0 Å². The Labute approximate surface area is 129 Å². The number of benzene rings is 1. The van der Waals surface area contributed by atoms with E-state index in [9.17, 15) is 0 Å². The molecular formula is C17H29NO3. The van der Waals surface area contributed by atoms with Gasteiger partial charge in [0.05, 0.1) is 19.8 Å². The fraction of sp³-hybridized carbons (Fsp3) is 0.647. The minimum atomic E-state index is 0.617. The lowest BCUT2D eigenvalue weighted by atomic mass is 10.1. The van der Waals surface area contributed by atoms with Crippen LogP contribution in [0.3, 0.4) is 0 Å². The van der Waals surface area contributed by atoms with Crippen LogP contribution in [0.4, 0.5) is 0 Å². The summed E-state index contributed by atoms with van der Waals surface area (Å²) in [5.41, 5.74) is 1.19. The van der Waals surface area contributed by atoms with Gasteiger partial charge in [0.2, 0.25) is 0 Å². The van der Waals surface area contributed by atoms with Gasteiger partial charge in [0.1, 0.15) is 5.75 Å². The van der Waals surface area contributed by atoms with E-state index in [4.69, 9.17) is 14.2 Å². The maximum Gasteiger partial charge on any atom is 0.164 e. The SMILES string of the molecule is CCOc1cc(OCC)c(OCC)cc1CCCN(C)C. The summed E-state index contributed by atoms with van der Waals surface area (Å²) in [5, 5.41) is 0. The molecule has 0 saturated carbocycles. The van der Waals surface area contributed by atoms with Crippen LogP contribution in [0.5, 0.6) is 17.2 Å². The fourth-order valence-corrected chi connectivity index (χ4v) is 2.19. The highest BCUT2D eigenvalue weighted by Crippen LogP contribution is 2.36. The first-order valence-corrected chi connectivity index (χ1v) is 7.82. The van der Waals surface area contributed by atoms with E-state index in [1.54, 1.807) is 0 Å². The van der Waals surface area contributed by atoms with E-state index in [0.29, 0.717) is 19.8 Å². The fourth-order valence-electron chi connectivity index (χ4n) is 2.19. The molecule has 4 heteroatoms. The molecule has 0 bridgehead atoms. The predicted molar refractivity (Wildman–Crippen MR) is 86.8 cm³/mol. The van der Waals surface area contributed by atoms with Crippen LogP contribution < -0.4 is 14.2 Å². The van der Waals surface area contributed by atoms with Gasteiger partial charge in [-0.2, -0.15) is 0 Å². The molecule has 0 saturated heterocycles. The van der Waals surface area contributed by atoms with Crippen LogP contribution >= 0.6 is 0 Å². The van der Waals surface area contributed by atoms with Gasteiger partial charge in [-0.15, -0.1) is 0 Å². The zero-order valence-corrected chi connectivity index (χ0v) is 14.1. The Bertz CT molecular complexity index is 419. The van der Waals surface area contributed by atoms with Crippen molar-refractivity contribution in [3.63, 3.8) is 0 Å². The predicted octanol–water partition coefficient (Wildman–Crippen LogP) is 3.38.